The molecule has 6 heteroatoms. The highest BCUT2D eigenvalue weighted by Gasteiger charge is 2.29. The van der Waals surface area contributed by atoms with E-state index in [9.17, 15) is 0 Å². The maximum absolute atomic E-state index is 5.70. The molecule has 0 unspecified atom stereocenters. The average Bonchev–Trinajstić information content (AvgIpc) is 3.30. The molecule has 4 rings (SSSR count). The molecule has 0 spiro atoms. The van der Waals surface area contributed by atoms with E-state index in [0.29, 0.717) is 25.0 Å². The Morgan fingerprint density at radius 3 is 2.82 bits per heavy atom. The van der Waals surface area contributed by atoms with Gasteiger partial charge in [-0.2, -0.15) is 4.98 Å². The molecule has 1 aliphatic heterocycles. The Hall–Kier alpha value is -2.24. The van der Waals surface area contributed by atoms with Crippen LogP contribution in [-0.2, 0) is 0 Å². The minimum absolute atomic E-state index is 0.0512. The van der Waals surface area contributed by atoms with Gasteiger partial charge in [-0.3, -0.25) is 0 Å². The van der Waals surface area contributed by atoms with E-state index < -0.39 is 0 Å². The first-order valence-corrected chi connectivity index (χ1v) is 7.79. The third kappa shape index (κ3) is 2.73. The number of ether oxygens (including phenoxy) is 2. The lowest BCUT2D eigenvalue weighted by Gasteiger charge is -2.13. The smallest absolute Gasteiger partial charge is 0.248 e. The molecule has 0 radical (unpaired) electrons. The maximum atomic E-state index is 5.70. The molecule has 2 aliphatic rings. The zero-order chi connectivity index (χ0) is 14.9. The SMILES string of the molecule is C[C@@H](Nc1ccc2c(c1)OCCCO2)c1nc(C2CC2)no1. The second kappa shape index (κ2) is 5.51. The molecule has 1 aromatic carbocycles. The third-order valence-electron chi connectivity index (χ3n) is 3.90. The molecule has 116 valence electrons. The van der Waals surface area contributed by atoms with Gasteiger partial charge in [-0.05, 0) is 31.9 Å². The zero-order valence-corrected chi connectivity index (χ0v) is 12.5. The van der Waals surface area contributed by atoms with E-state index in [-0.39, 0.29) is 6.04 Å². The Morgan fingerprint density at radius 1 is 1.18 bits per heavy atom. The van der Waals surface area contributed by atoms with Crippen LogP contribution >= 0.6 is 0 Å². The van der Waals surface area contributed by atoms with Crippen LogP contribution in [0.25, 0.3) is 0 Å². The molecule has 1 saturated carbocycles. The molecular weight excluding hydrogens is 282 g/mol. The van der Waals surface area contributed by atoms with Crippen molar-refractivity contribution in [1.29, 1.82) is 0 Å². The van der Waals surface area contributed by atoms with Crippen molar-refractivity contribution in [2.45, 2.75) is 38.1 Å². The lowest BCUT2D eigenvalue weighted by Crippen LogP contribution is -2.07. The molecule has 1 aliphatic carbocycles. The molecule has 1 atom stereocenters. The predicted molar refractivity (Wildman–Crippen MR) is 80.4 cm³/mol. The van der Waals surface area contributed by atoms with Crippen molar-refractivity contribution >= 4 is 5.69 Å². The van der Waals surface area contributed by atoms with Gasteiger partial charge in [0, 0.05) is 24.1 Å². The van der Waals surface area contributed by atoms with E-state index in [1.165, 1.54) is 12.8 Å². The number of aromatic nitrogens is 2. The number of fused-ring (bicyclic) bond motifs is 1. The Morgan fingerprint density at radius 2 is 2.00 bits per heavy atom. The molecular formula is C16H19N3O3. The highest BCUT2D eigenvalue weighted by molar-refractivity contribution is 5.55. The summed E-state index contributed by atoms with van der Waals surface area (Å²) in [5, 5.41) is 7.42. The van der Waals surface area contributed by atoms with Gasteiger partial charge in [0.05, 0.1) is 13.2 Å². The second-order valence-electron chi connectivity index (χ2n) is 5.84. The first-order chi connectivity index (χ1) is 10.8. The van der Waals surface area contributed by atoms with Crippen LogP contribution in [0, 0.1) is 0 Å². The summed E-state index contributed by atoms with van der Waals surface area (Å²) in [6, 6.07) is 5.81. The van der Waals surface area contributed by atoms with Crippen LogP contribution in [0.2, 0.25) is 0 Å². The van der Waals surface area contributed by atoms with Gasteiger partial charge in [-0.15, -0.1) is 0 Å². The van der Waals surface area contributed by atoms with Crippen molar-refractivity contribution in [2.75, 3.05) is 18.5 Å². The maximum Gasteiger partial charge on any atom is 0.248 e. The second-order valence-corrected chi connectivity index (χ2v) is 5.84. The zero-order valence-electron chi connectivity index (χ0n) is 12.5. The molecule has 2 aromatic rings. The van der Waals surface area contributed by atoms with Crippen LogP contribution in [0.3, 0.4) is 0 Å². The third-order valence-corrected chi connectivity index (χ3v) is 3.90. The fourth-order valence-electron chi connectivity index (χ4n) is 2.50. The first-order valence-electron chi connectivity index (χ1n) is 7.79. The summed E-state index contributed by atoms with van der Waals surface area (Å²) in [5.74, 6) is 3.53. The molecule has 6 nitrogen and oxygen atoms in total. The lowest BCUT2D eigenvalue weighted by molar-refractivity contribution is 0.297. The van der Waals surface area contributed by atoms with Crippen molar-refractivity contribution < 1.29 is 14.0 Å². The van der Waals surface area contributed by atoms with Crippen LogP contribution in [-0.4, -0.2) is 23.4 Å². The number of anilines is 1. The summed E-state index contributed by atoms with van der Waals surface area (Å²) in [6.45, 7) is 3.38. The minimum atomic E-state index is -0.0512. The highest BCUT2D eigenvalue weighted by atomic mass is 16.5. The monoisotopic (exact) mass is 301 g/mol. The summed E-state index contributed by atoms with van der Waals surface area (Å²) < 4.78 is 16.7. The molecule has 0 saturated heterocycles. The van der Waals surface area contributed by atoms with Gasteiger partial charge < -0.3 is 19.3 Å². The van der Waals surface area contributed by atoms with Gasteiger partial charge in [0.15, 0.2) is 17.3 Å². The number of hydrogen-bond donors (Lipinski definition) is 1. The topological polar surface area (TPSA) is 69.4 Å². The van der Waals surface area contributed by atoms with Crippen LogP contribution in [0.4, 0.5) is 5.69 Å². The van der Waals surface area contributed by atoms with E-state index in [0.717, 1.165) is 29.4 Å². The summed E-state index contributed by atoms with van der Waals surface area (Å²) in [7, 11) is 0. The van der Waals surface area contributed by atoms with E-state index in [1.807, 2.05) is 25.1 Å². The van der Waals surface area contributed by atoms with Gasteiger partial charge >= 0.3 is 0 Å². The van der Waals surface area contributed by atoms with Crippen LogP contribution < -0.4 is 14.8 Å². The standard InChI is InChI=1S/C16H19N3O3/c1-10(16-18-15(19-22-16)11-3-4-11)17-12-5-6-13-14(9-12)21-8-2-7-20-13/h5-6,9-11,17H,2-4,7-8H2,1H3/t10-/m1/s1. The first kappa shape index (κ1) is 13.4. The Labute approximate surface area is 128 Å². The van der Waals surface area contributed by atoms with Crippen LogP contribution in [0.1, 0.15) is 49.9 Å². The van der Waals surface area contributed by atoms with E-state index in [4.69, 9.17) is 14.0 Å². The van der Waals surface area contributed by atoms with Crippen LogP contribution in [0.5, 0.6) is 11.5 Å². The average molecular weight is 301 g/mol. The molecule has 22 heavy (non-hydrogen) atoms. The number of nitrogens with one attached hydrogen (secondary N) is 1. The van der Waals surface area contributed by atoms with Crippen molar-refractivity contribution in [3.05, 3.63) is 29.9 Å². The van der Waals surface area contributed by atoms with Crippen molar-refractivity contribution in [3.63, 3.8) is 0 Å². The fourth-order valence-corrected chi connectivity index (χ4v) is 2.50. The van der Waals surface area contributed by atoms with E-state index in [1.54, 1.807) is 0 Å². The summed E-state index contributed by atoms with van der Waals surface area (Å²) in [6.07, 6.45) is 3.24. The Bertz CT molecular complexity index is 666. The fraction of sp³-hybridized carbons (Fsp3) is 0.500. The van der Waals surface area contributed by atoms with Crippen molar-refractivity contribution in [3.8, 4) is 11.5 Å². The molecule has 0 bridgehead atoms. The van der Waals surface area contributed by atoms with Crippen molar-refractivity contribution in [2.24, 2.45) is 0 Å². The van der Waals surface area contributed by atoms with Gasteiger partial charge in [0.2, 0.25) is 5.89 Å². The molecule has 0 amide bonds. The normalized spacial score (nSPS) is 18.6. The number of rotatable bonds is 4. The van der Waals surface area contributed by atoms with Gasteiger partial charge in [-0.25, -0.2) is 0 Å². The Balaban J connectivity index is 1.48. The summed E-state index contributed by atoms with van der Waals surface area (Å²) in [4.78, 5) is 4.47. The summed E-state index contributed by atoms with van der Waals surface area (Å²) in [5.41, 5.74) is 0.947. The van der Waals surface area contributed by atoms with Gasteiger partial charge in [-0.1, -0.05) is 5.16 Å². The lowest BCUT2D eigenvalue weighted by atomic mass is 10.2. The van der Waals surface area contributed by atoms with E-state index in [2.05, 4.69) is 15.5 Å². The highest BCUT2D eigenvalue weighted by Crippen LogP contribution is 2.38. The number of hydrogen-bond acceptors (Lipinski definition) is 6. The predicted octanol–water partition coefficient (Wildman–Crippen LogP) is 3.28. The number of nitrogens with zero attached hydrogens (tertiary/aromatic N) is 2. The minimum Gasteiger partial charge on any atom is -0.490 e. The van der Waals surface area contributed by atoms with Crippen LogP contribution in [0.15, 0.2) is 22.7 Å². The molecule has 1 fully saturated rings. The van der Waals surface area contributed by atoms with Gasteiger partial charge in [0.1, 0.15) is 6.04 Å². The quantitative estimate of drug-likeness (QED) is 0.934. The molecule has 1 N–H and O–H groups in total. The molecule has 1 aromatic heterocycles. The number of benzene rings is 1. The van der Waals surface area contributed by atoms with Crippen molar-refractivity contribution in [1.82, 2.24) is 10.1 Å². The van der Waals surface area contributed by atoms with Gasteiger partial charge in [0.25, 0.3) is 0 Å². The Kier molecular flexibility index (Phi) is 3.36. The van der Waals surface area contributed by atoms with E-state index >= 15 is 0 Å². The molecule has 2 heterocycles. The largest absolute Gasteiger partial charge is 0.490 e. The summed E-state index contributed by atoms with van der Waals surface area (Å²) >= 11 is 0.